The second-order valence-corrected chi connectivity index (χ2v) is 6.46. The number of pyridine rings is 1. The quantitative estimate of drug-likeness (QED) is 0.722. The van der Waals surface area contributed by atoms with Crippen LogP contribution in [0.5, 0.6) is 0 Å². The summed E-state index contributed by atoms with van der Waals surface area (Å²) < 4.78 is 8.18. The number of ether oxygens (including phenoxy) is 1. The van der Waals surface area contributed by atoms with Crippen LogP contribution in [-0.4, -0.2) is 22.0 Å². The maximum Gasteiger partial charge on any atom is 0.407 e. The van der Waals surface area contributed by atoms with E-state index >= 15 is 0 Å². The third kappa shape index (κ3) is 4.14. The topological polar surface area (TPSA) is 55.6 Å². The Morgan fingerprint density at radius 1 is 1.29 bits per heavy atom. The number of halogens is 1. The van der Waals surface area contributed by atoms with Crippen molar-refractivity contribution in [2.75, 3.05) is 6.54 Å². The molecule has 3 aromatic rings. The lowest BCUT2D eigenvalue weighted by Gasteiger charge is -2.06. The number of fused-ring (bicyclic) bond motifs is 1. The van der Waals surface area contributed by atoms with Gasteiger partial charge in [-0.15, -0.1) is 0 Å². The number of imidazole rings is 1. The summed E-state index contributed by atoms with van der Waals surface area (Å²) in [5, 5.41) is 2.75. The fraction of sp³-hybridized carbons (Fsp3) is 0.222. The number of nitrogens with zero attached hydrogens (tertiary/aromatic N) is 2. The molecule has 0 saturated heterocycles. The number of alkyl carbamates (subject to hydrolysis) is 1. The molecule has 1 amide bonds. The highest BCUT2D eigenvalue weighted by Gasteiger charge is 2.07. The van der Waals surface area contributed by atoms with Crippen molar-refractivity contribution in [2.45, 2.75) is 20.0 Å². The van der Waals surface area contributed by atoms with Crippen LogP contribution in [0.4, 0.5) is 4.79 Å². The Bertz CT molecular complexity index is 846. The Hall–Kier alpha value is -2.34. The zero-order chi connectivity index (χ0) is 16.9. The lowest BCUT2D eigenvalue weighted by atomic mass is 10.2. The molecule has 0 aliphatic rings. The van der Waals surface area contributed by atoms with Gasteiger partial charge < -0.3 is 14.5 Å². The molecule has 2 heterocycles. The van der Waals surface area contributed by atoms with E-state index < -0.39 is 6.09 Å². The van der Waals surface area contributed by atoms with Crippen molar-refractivity contribution in [1.82, 2.24) is 14.7 Å². The molecule has 0 unspecified atom stereocenters. The van der Waals surface area contributed by atoms with E-state index in [9.17, 15) is 4.79 Å². The SMILES string of the molecule is Cc1cc(Br)cn2cc(CCNC(=O)OCc3ccccc3)nc12. The van der Waals surface area contributed by atoms with Gasteiger partial charge in [-0.05, 0) is 40.0 Å². The van der Waals surface area contributed by atoms with Gasteiger partial charge in [-0.1, -0.05) is 30.3 Å². The first-order valence-corrected chi connectivity index (χ1v) is 8.49. The van der Waals surface area contributed by atoms with E-state index in [-0.39, 0.29) is 6.61 Å². The second-order valence-electron chi connectivity index (χ2n) is 5.54. The molecule has 0 bridgehead atoms. The maximum absolute atomic E-state index is 11.7. The molecule has 1 aromatic carbocycles. The summed E-state index contributed by atoms with van der Waals surface area (Å²) in [4.78, 5) is 16.3. The molecule has 0 aliphatic heterocycles. The van der Waals surface area contributed by atoms with Crippen molar-refractivity contribution in [3.05, 3.63) is 70.1 Å². The van der Waals surface area contributed by atoms with E-state index in [1.165, 1.54) is 0 Å². The van der Waals surface area contributed by atoms with E-state index in [1.54, 1.807) is 0 Å². The van der Waals surface area contributed by atoms with Crippen LogP contribution in [0.3, 0.4) is 0 Å². The average Bonchev–Trinajstić information content (AvgIpc) is 2.97. The smallest absolute Gasteiger partial charge is 0.407 e. The van der Waals surface area contributed by atoms with Crippen molar-refractivity contribution < 1.29 is 9.53 Å². The molecule has 2 aromatic heterocycles. The molecule has 0 fully saturated rings. The highest BCUT2D eigenvalue weighted by Crippen LogP contribution is 2.17. The molecule has 3 rings (SSSR count). The Labute approximate surface area is 148 Å². The van der Waals surface area contributed by atoms with Gasteiger partial charge in [0, 0.05) is 29.8 Å². The fourth-order valence-corrected chi connectivity index (χ4v) is 3.03. The number of amides is 1. The predicted molar refractivity (Wildman–Crippen MR) is 96.0 cm³/mol. The fourth-order valence-electron chi connectivity index (χ4n) is 2.46. The number of nitrogens with one attached hydrogen (secondary N) is 1. The van der Waals surface area contributed by atoms with E-state index in [4.69, 9.17) is 4.74 Å². The third-order valence-corrected chi connectivity index (χ3v) is 4.05. The molecule has 6 heteroatoms. The summed E-state index contributed by atoms with van der Waals surface area (Å²) in [6, 6.07) is 11.6. The number of aromatic nitrogens is 2. The molecule has 0 atom stereocenters. The average molecular weight is 388 g/mol. The van der Waals surface area contributed by atoms with Crippen molar-refractivity contribution >= 4 is 27.7 Å². The van der Waals surface area contributed by atoms with Crippen molar-refractivity contribution in [3.8, 4) is 0 Å². The lowest BCUT2D eigenvalue weighted by molar-refractivity contribution is 0.140. The second kappa shape index (κ2) is 7.49. The summed E-state index contributed by atoms with van der Waals surface area (Å²) in [6.07, 6.45) is 4.19. The van der Waals surface area contributed by atoms with Gasteiger partial charge in [0.15, 0.2) is 0 Å². The monoisotopic (exact) mass is 387 g/mol. The van der Waals surface area contributed by atoms with Gasteiger partial charge in [-0.2, -0.15) is 0 Å². The Balaban J connectivity index is 1.49. The zero-order valence-corrected chi connectivity index (χ0v) is 14.9. The minimum absolute atomic E-state index is 0.272. The van der Waals surface area contributed by atoms with Gasteiger partial charge in [-0.3, -0.25) is 0 Å². The Kier molecular flexibility index (Phi) is 5.15. The molecule has 124 valence electrons. The summed E-state index contributed by atoms with van der Waals surface area (Å²) in [5.41, 5.74) is 3.93. The molecule has 5 nitrogen and oxygen atoms in total. The first-order chi connectivity index (χ1) is 11.6. The van der Waals surface area contributed by atoms with Crippen molar-refractivity contribution in [3.63, 3.8) is 0 Å². The molecule has 1 N–H and O–H groups in total. The standard InChI is InChI=1S/C18H18BrN3O2/c1-13-9-15(19)10-22-11-16(21-17(13)22)7-8-20-18(23)24-12-14-5-3-2-4-6-14/h2-6,9-11H,7-8,12H2,1H3,(H,20,23). The minimum Gasteiger partial charge on any atom is -0.445 e. The Morgan fingerprint density at radius 2 is 2.08 bits per heavy atom. The van der Waals surface area contributed by atoms with Crippen molar-refractivity contribution in [1.29, 1.82) is 0 Å². The van der Waals surface area contributed by atoms with E-state index in [1.807, 2.05) is 60.1 Å². The normalized spacial score (nSPS) is 10.8. The first kappa shape index (κ1) is 16.5. The summed E-state index contributed by atoms with van der Waals surface area (Å²) in [7, 11) is 0. The number of carbonyl (C=O) groups is 1. The van der Waals surface area contributed by atoms with Crippen LogP contribution in [0.25, 0.3) is 5.65 Å². The number of benzene rings is 1. The Morgan fingerprint density at radius 3 is 2.88 bits per heavy atom. The molecule has 0 radical (unpaired) electrons. The minimum atomic E-state index is -0.415. The van der Waals surface area contributed by atoms with Crippen molar-refractivity contribution in [2.24, 2.45) is 0 Å². The van der Waals surface area contributed by atoms with E-state index in [2.05, 4.69) is 26.2 Å². The summed E-state index contributed by atoms with van der Waals surface area (Å²) in [5.74, 6) is 0. The largest absolute Gasteiger partial charge is 0.445 e. The number of carbonyl (C=O) groups excluding carboxylic acids is 1. The number of aryl methyl sites for hydroxylation is 1. The van der Waals surface area contributed by atoms with Gasteiger partial charge in [0.1, 0.15) is 12.3 Å². The first-order valence-electron chi connectivity index (χ1n) is 7.70. The molecule has 0 spiro atoms. The van der Waals surface area contributed by atoms with E-state index in [0.717, 1.165) is 26.9 Å². The molecule has 0 aliphatic carbocycles. The van der Waals surface area contributed by atoms with Gasteiger partial charge in [0.25, 0.3) is 0 Å². The number of hydrogen-bond donors (Lipinski definition) is 1. The van der Waals surface area contributed by atoms with Crippen LogP contribution in [0.1, 0.15) is 16.8 Å². The predicted octanol–water partition coefficient (Wildman–Crippen LogP) is 3.87. The molecule has 24 heavy (non-hydrogen) atoms. The molecular weight excluding hydrogens is 370 g/mol. The van der Waals surface area contributed by atoms with Crippen LogP contribution in [0, 0.1) is 6.92 Å². The maximum atomic E-state index is 11.7. The highest BCUT2D eigenvalue weighted by molar-refractivity contribution is 9.10. The van der Waals surface area contributed by atoms with Crippen LogP contribution >= 0.6 is 15.9 Å². The van der Waals surface area contributed by atoms with Gasteiger partial charge in [0.05, 0.1) is 5.69 Å². The zero-order valence-electron chi connectivity index (χ0n) is 13.3. The molecule has 0 saturated carbocycles. The highest BCUT2D eigenvalue weighted by atomic mass is 79.9. The lowest BCUT2D eigenvalue weighted by Crippen LogP contribution is -2.26. The van der Waals surface area contributed by atoms with Gasteiger partial charge in [-0.25, -0.2) is 9.78 Å². The summed E-state index contributed by atoms with van der Waals surface area (Å²) in [6.45, 7) is 2.78. The van der Waals surface area contributed by atoms with Crippen LogP contribution < -0.4 is 5.32 Å². The number of hydrogen-bond acceptors (Lipinski definition) is 3. The van der Waals surface area contributed by atoms with Gasteiger partial charge in [0.2, 0.25) is 0 Å². The number of rotatable bonds is 5. The van der Waals surface area contributed by atoms with Gasteiger partial charge >= 0.3 is 6.09 Å². The molecular formula is C18H18BrN3O2. The summed E-state index contributed by atoms with van der Waals surface area (Å²) >= 11 is 3.48. The van der Waals surface area contributed by atoms with Crippen LogP contribution in [-0.2, 0) is 17.8 Å². The third-order valence-electron chi connectivity index (χ3n) is 3.61. The van der Waals surface area contributed by atoms with Crippen LogP contribution in [0.2, 0.25) is 0 Å². The van der Waals surface area contributed by atoms with Crippen LogP contribution in [0.15, 0.2) is 53.3 Å². The van der Waals surface area contributed by atoms with E-state index in [0.29, 0.717) is 13.0 Å².